The second kappa shape index (κ2) is 4.22. The first-order valence-electron chi connectivity index (χ1n) is 5.44. The lowest BCUT2D eigenvalue weighted by molar-refractivity contribution is 0.366. The summed E-state index contributed by atoms with van der Waals surface area (Å²) in [4.78, 5) is 4.45. The van der Waals surface area contributed by atoms with Gasteiger partial charge in [-0.2, -0.15) is 0 Å². The zero-order valence-corrected chi connectivity index (χ0v) is 10.8. The molecule has 0 radical (unpaired) electrons. The average molecular weight is 269 g/mol. The van der Waals surface area contributed by atoms with Crippen LogP contribution in [0.5, 0.6) is 0 Å². The second-order valence-corrected chi connectivity index (χ2v) is 5.43. The van der Waals surface area contributed by atoms with Crippen molar-refractivity contribution in [2.24, 2.45) is 5.41 Å². The van der Waals surface area contributed by atoms with Crippen LogP contribution in [0.25, 0.3) is 0 Å². The molecule has 0 aromatic carbocycles. The number of pyridine rings is 1. The highest BCUT2D eigenvalue weighted by atomic mass is 79.9. The van der Waals surface area contributed by atoms with Gasteiger partial charge in [0.1, 0.15) is 0 Å². The van der Waals surface area contributed by atoms with E-state index >= 15 is 0 Å². The number of aromatic nitrogens is 1. The summed E-state index contributed by atoms with van der Waals surface area (Å²) in [6.07, 6.45) is 5.64. The van der Waals surface area contributed by atoms with Gasteiger partial charge in [-0.25, -0.2) is 0 Å². The summed E-state index contributed by atoms with van der Waals surface area (Å²) >= 11 is 3.41. The van der Waals surface area contributed by atoms with Crippen molar-refractivity contribution >= 4 is 15.9 Å². The summed E-state index contributed by atoms with van der Waals surface area (Å²) in [6, 6.07) is 4.78. The number of nitrogens with zero attached hydrogens (tertiary/aromatic N) is 1. The van der Waals surface area contributed by atoms with E-state index in [-0.39, 0.29) is 0 Å². The molecule has 1 aliphatic rings. The van der Waals surface area contributed by atoms with Crippen molar-refractivity contribution < 1.29 is 0 Å². The van der Waals surface area contributed by atoms with Crippen LogP contribution in [0.3, 0.4) is 0 Å². The van der Waals surface area contributed by atoms with Gasteiger partial charge < -0.3 is 5.32 Å². The number of halogens is 1. The molecule has 2 rings (SSSR count). The van der Waals surface area contributed by atoms with E-state index in [1.165, 1.54) is 18.5 Å². The molecular weight excluding hydrogens is 252 g/mol. The Hall–Kier alpha value is -0.410. The van der Waals surface area contributed by atoms with Crippen LogP contribution in [-0.2, 0) is 6.42 Å². The fourth-order valence-electron chi connectivity index (χ4n) is 2.10. The van der Waals surface area contributed by atoms with Gasteiger partial charge >= 0.3 is 0 Å². The summed E-state index contributed by atoms with van der Waals surface area (Å²) in [5.41, 5.74) is 1.67. The first kappa shape index (κ1) is 11.1. The molecule has 1 saturated carbocycles. The molecule has 1 unspecified atom stereocenters. The highest BCUT2D eigenvalue weighted by Gasteiger charge is 2.46. The zero-order valence-electron chi connectivity index (χ0n) is 9.26. The third-order valence-corrected chi connectivity index (χ3v) is 4.03. The molecule has 1 aromatic heterocycles. The van der Waals surface area contributed by atoms with Gasteiger partial charge in [0, 0.05) is 22.4 Å². The van der Waals surface area contributed by atoms with E-state index in [9.17, 15) is 0 Å². The van der Waals surface area contributed by atoms with Crippen LogP contribution in [0.1, 0.15) is 25.5 Å². The Balaban J connectivity index is 2.05. The predicted octanol–water partition coefficient (Wildman–Crippen LogP) is 2.77. The van der Waals surface area contributed by atoms with Crippen molar-refractivity contribution in [3.63, 3.8) is 0 Å². The topological polar surface area (TPSA) is 24.9 Å². The van der Waals surface area contributed by atoms with Crippen LogP contribution in [0.15, 0.2) is 22.8 Å². The molecule has 3 heteroatoms. The van der Waals surface area contributed by atoms with E-state index in [2.05, 4.69) is 45.3 Å². The summed E-state index contributed by atoms with van der Waals surface area (Å²) in [7, 11) is 2.04. The highest BCUT2D eigenvalue weighted by molar-refractivity contribution is 9.10. The Labute approximate surface area is 99.6 Å². The maximum absolute atomic E-state index is 4.45. The van der Waals surface area contributed by atoms with Crippen molar-refractivity contribution in [3.8, 4) is 0 Å². The Kier molecular flexibility index (Phi) is 3.12. The van der Waals surface area contributed by atoms with Crippen molar-refractivity contribution in [1.29, 1.82) is 0 Å². The zero-order chi connectivity index (χ0) is 10.9. The molecule has 1 fully saturated rings. The molecule has 1 aromatic rings. The monoisotopic (exact) mass is 268 g/mol. The normalized spacial score (nSPS) is 19.9. The molecule has 0 aliphatic heterocycles. The first-order valence-corrected chi connectivity index (χ1v) is 6.23. The molecule has 1 heterocycles. The van der Waals surface area contributed by atoms with E-state index in [0.29, 0.717) is 11.5 Å². The van der Waals surface area contributed by atoms with E-state index in [4.69, 9.17) is 0 Å². The van der Waals surface area contributed by atoms with Gasteiger partial charge in [0.15, 0.2) is 0 Å². The van der Waals surface area contributed by atoms with Crippen LogP contribution in [-0.4, -0.2) is 18.1 Å². The summed E-state index contributed by atoms with van der Waals surface area (Å²) in [6.45, 7) is 2.27. The fourth-order valence-corrected chi connectivity index (χ4v) is 2.34. The smallest absolute Gasteiger partial charge is 0.0413 e. The van der Waals surface area contributed by atoms with E-state index < -0.39 is 0 Å². The van der Waals surface area contributed by atoms with Crippen LogP contribution >= 0.6 is 15.9 Å². The predicted molar refractivity (Wildman–Crippen MR) is 65.8 cm³/mol. The van der Waals surface area contributed by atoms with E-state index in [0.717, 1.165) is 10.9 Å². The maximum atomic E-state index is 4.45. The van der Waals surface area contributed by atoms with Gasteiger partial charge in [-0.3, -0.25) is 4.98 Å². The number of nitrogens with one attached hydrogen (secondary N) is 1. The molecule has 15 heavy (non-hydrogen) atoms. The van der Waals surface area contributed by atoms with Crippen LogP contribution < -0.4 is 5.32 Å². The lowest BCUT2D eigenvalue weighted by atomic mass is 9.92. The standard InChI is InChI=1S/C12H17BrN2/c1-9(14-2)12(5-6-12)7-11-4-3-10(13)8-15-11/h3-4,8-9,14H,5-7H2,1-2H3. The molecule has 1 aliphatic carbocycles. The Morgan fingerprint density at radius 3 is 2.73 bits per heavy atom. The molecule has 0 saturated heterocycles. The minimum absolute atomic E-state index is 0.468. The van der Waals surface area contributed by atoms with Gasteiger partial charge in [0.2, 0.25) is 0 Å². The Bertz CT molecular complexity index is 330. The molecule has 2 nitrogen and oxygen atoms in total. The van der Waals surface area contributed by atoms with Gasteiger partial charge in [0.25, 0.3) is 0 Å². The minimum Gasteiger partial charge on any atom is -0.317 e. The highest BCUT2D eigenvalue weighted by Crippen LogP contribution is 2.50. The molecule has 0 amide bonds. The minimum atomic E-state index is 0.468. The molecule has 1 atom stereocenters. The Morgan fingerprint density at radius 2 is 2.27 bits per heavy atom. The largest absolute Gasteiger partial charge is 0.317 e. The summed E-state index contributed by atoms with van der Waals surface area (Å²) in [5.74, 6) is 0. The first-order chi connectivity index (χ1) is 7.16. The van der Waals surface area contributed by atoms with Gasteiger partial charge in [-0.1, -0.05) is 0 Å². The van der Waals surface area contributed by atoms with Crippen molar-refractivity contribution in [2.45, 2.75) is 32.2 Å². The maximum Gasteiger partial charge on any atom is 0.0413 e. The second-order valence-electron chi connectivity index (χ2n) is 4.52. The molecule has 0 spiro atoms. The summed E-state index contributed by atoms with van der Waals surface area (Å²) < 4.78 is 1.05. The van der Waals surface area contributed by atoms with Crippen molar-refractivity contribution in [1.82, 2.24) is 10.3 Å². The third kappa shape index (κ3) is 2.40. The SMILES string of the molecule is CNC(C)C1(Cc2ccc(Br)cn2)CC1. The molecule has 82 valence electrons. The summed E-state index contributed by atoms with van der Waals surface area (Å²) in [5, 5.41) is 3.36. The lowest BCUT2D eigenvalue weighted by Gasteiger charge is -2.22. The Morgan fingerprint density at radius 1 is 1.53 bits per heavy atom. The van der Waals surface area contributed by atoms with Gasteiger partial charge in [-0.15, -0.1) is 0 Å². The number of hydrogen-bond acceptors (Lipinski definition) is 2. The number of rotatable bonds is 4. The number of hydrogen-bond donors (Lipinski definition) is 1. The van der Waals surface area contributed by atoms with Crippen molar-refractivity contribution in [2.75, 3.05) is 7.05 Å². The van der Waals surface area contributed by atoms with Crippen LogP contribution in [0.2, 0.25) is 0 Å². The fraction of sp³-hybridized carbons (Fsp3) is 0.583. The van der Waals surface area contributed by atoms with E-state index in [1.54, 1.807) is 0 Å². The van der Waals surface area contributed by atoms with E-state index in [1.807, 2.05) is 13.2 Å². The third-order valence-electron chi connectivity index (χ3n) is 3.57. The average Bonchev–Trinajstić information content (AvgIpc) is 3.01. The van der Waals surface area contributed by atoms with Crippen molar-refractivity contribution in [3.05, 3.63) is 28.5 Å². The van der Waals surface area contributed by atoms with Gasteiger partial charge in [-0.05, 0) is 66.7 Å². The molecule has 0 bridgehead atoms. The lowest BCUT2D eigenvalue weighted by Crippen LogP contribution is -2.33. The van der Waals surface area contributed by atoms with Crippen LogP contribution in [0, 0.1) is 5.41 Å². The molecular formula is C12H17BrN2. The van der Waals surface area contributed by atoms with Crippen LogP contribution in [0.4, 0.5) is 0 Å². The van der Waals surface area contributed by atoms with Gasteiger partial charge in [0.05, 0.1) is 0 Å². The quantitative estimate of drug-likeness (QED) is 0.909. The molecule has 1 N–H and O–H groups in total.